The SMILES string of the molecule is c1ccc2c(c1)CC2CCCN1CCN(c2cccc3c2CCOO3)CC1. The lowest BCUT2D eigenvalue weighted by Crippen LogP contribution is -2.47. The maximum absolute atomic E-state index is 5.36. The minimum absolute atomic E-state index is 0.647. The van der Waals surface area contributed by atoms with Gasteiger partial charge < -0.3 is 9.79 Å². The summed E-state index contributed by atoms with van der Waals surface area (Å²) in [5, 5.41) is 0. The van der Waals surface area contributed by atoms with Crippen LogP contribution in [-0.4, -0.2) is 44.2 Å². The van der Waals surface area contributed by atoms with Gasteiger partial charge in [-0.05, 0) is 55.0 Å². The van der Waals surface area contributed by atoms with Crippen molar-refractivity contribution in [1.29, 1.82) is 0 Å². The van der Waals surface area contributed by atoms with Crippen LogP contribution in [-0.2, 0) is 17.7 Å². The first-order chi connectivity index (χ1) is 13.4. The van der Waals surface area contributed by atoms with Crippen LogP contribution in [0.2, 0.25) is 0 Å². The first-order valence-electron chi connectivity index (χ1n) is 10.3. The fourth-order valence-electron chi connectivity index (χ4n) is 4.82. The second-order valence-electron chi connectivity index (χ2n) is 7.98. The fourth-order valence-corrected chi connectivity index (χ4v) is 4.82. The molecule has 3 aliphatic rings. The summed E-state index contributed by atoms with van der Waals surface area (Å²) in [5.41, 5.74) is 5.81. The van der Waals surface area contributed by atoms with Crippen molar-refractivity contribution in [2.45, 2.75) is 31.6 Å². The van der Waals surface area contributed by atoms with Crippen molar-refractivity contribution in [3.05, 3.63) is 59.2 Å². The minimum atomic E-state index is 0.647. The zero-order valence-electron chi connectivity index (χ0n) is 15.9. The van der Waals surface area contributed by atoms with Crippen LogP contribution < -0.4 is 9.79 Å². The molecule has 1 fully saturated rings. The molecule has 2 heterocycles. The Morgan fingerprint density at radius 3 is 2.74 bits per heavy atom. The molecule has 27 heavy (non-hydrogen) atoms. The number of benzene rings is 2. The Balaban J connectivity index is 1.11. The molecule has 1 unspecified atom stereocenters. The summed E-state index contributed by atoms with van der Waals surface area (Å²) in [6, 6.07) is 15.3. The Labute approximate surface area is 161 Å². The number of rotatable bonds is 5. The molecule has 2 aromatic carbocycles. The number of piperazine rings is 1. The van der Waals surface area contributed by atoms with Gasteiger partial charge in [0.15, 0.2) is 5.75 Å². The second-order valence-corrected chi connectivity index (χ2v) is 7.98. The van der Waals surface area contributed by atoms with Gasteiger partial charge in [0.1, 0.15) is 0 Å². The minimum Gasteiger partial charge on any atom is -0.369 e. The van der Waals surface area contributed by atoms with E-state index in [-0.39, 0.29) is 0 Å². The quantitative estimate of drug-likeness (QED) is 0.754. The lowest BCUT2D eigenvalue weighted by molar-refractivity contribution is -0.215. The Morgan fingerprint density at radius 1 is 0.963 bits per heavy atom. The van der Waals surface area contributed by atoms with Crippen LogP contribution in [0, 0.1) is 0 Å². The number of anilines is 1. The largest absolute Gasteiger partial charge is 0.369 e. The summed E-state index contributed by atoms with van der Waals surface area (Å²) in [5.74, 6) is 1.70. The van der Waals surface area contributed by atoms with Crippen LogP contribution in [0.5, 0.6) is 5.75 Å². The van der Waals surface area contributed by atoms with E-state index in [1.807, 2.05) is 6.07 Å². The molecule has 0 N–H and O–H groups in total. The van der Waals surface area contributed by atoms with E-state index in [2.05, 4.69) is 46.2 Å². The monoisotopic (exact) mass is 364 g/mol. The van der Waals surface area contributed by atoms with Gasteiger partial charge in [-0.2, -0.15) is 4.89 Å². The second kappa shape index (κ2) is 7.53. The summed E-state index contributed by atoms with van der Waals surface area (Å²) in [7, 11) is 0. The highest BCUT2D eigenvalue weighted by Crippen LogP contribution is 2.38. The Kier molecular flexibility index (Phi) is 4.76. The number of hydrogen-bond donors (Lipinski definition) is 0. The highest BCUT2D eigenvalue weighted by molar-refractivity contribution is 5.60. The molecule has 0 saturated carbocycles. The first kappa shape index (κ1) is 17.1. The molecule has 1 atom stereocenters. The molecule has 5 rings (SSSR count). The lowest BCUT2D eigenvalue weighted by atomic mass is 9.75. The molecule has 2 aliphatic heterocycles. The van der Waals surface area contributed by atoms with Crippen molar-refractivity contribution in [3.8, 4) is 5.75 Å². The van der Waals surface area contributed by atoms with E-state index in [0.717, 1.165) is 44.3 Å². The standard InChI is InChI=1S/C23H28N2O2/c1-2-7-20-18(5-1)17-19(20)6-4-11-24-12-14-25(15-13-24)22-8-3-9-23-21(22)10-16-26-27-23/h1-3,5,7-9,19H,4,6,10-17H2. The molecule has 4 heteroatoms. The highest BCUT2D eigenvalue weighted by atomic mass is 17.2. The van der Waals surface area contributed by atoms with E-state index in [1.165, 1.54) is 37.1 Å². The van der Waals surface area contributed by atoms with Gasteiger partial charge in [-0.1, -0.05) is 30.3 Å². The van der Waals surface area contributed by atoms with E-state index < -0.39 is 0 Å². The van der Waals surface area contributed by atoms with Gasteiger partial charge in [0.05, 0.1) is 6.61 Å². The first-order valence-corrected chi connectivity index (χ1v) is 10.3. The topological polar surface area (TPSA) is 24.9 Å². The van der Waals surface area contributed by atoms with Gasteiger partial charge in [0.25, 0.3) is 0 Å². The maximum Gasteiger partial charge on any atom is 0.170 e. The molecule has 0 bridgehead atoms. The van der Waals surface area contributed by atoms with E-state index >= 15 is 0 Å². The van der Waals surface area contributed by atoms with E-state index in [9.17, 15) is 0 Å². The Bertz CT molecular complexity index is 799. The van der Waals surface area contributed by atoms with Crippen LogP contribution in [0.4, 0.5) is 5.69 Å². The van der Waals surface area contributed by atoms with Gasteiger partial charge in [0.2, 0.25) is 0 Å². The fraction of sp³-hybridized carbons (Fsp3) is 0.478. The molecule has 1 saturated heterocycles. The molecule has 2 aromatic rings. The van der Waals surface area contributed by atoms with Crippen molar-refractivity contribution >= 4 is 5.69 Å². The average Bonchev–Trinajstić information content (AvgIpc) is 2.71. The predicted molar refractivity (Wildman–Crippen MR) is 108 cm³/mol. The molecular weight excluding hydrogens is 336 g/mol. The van der Waals surface area contributed by atoms with Crippen molar-refractivity contribution in [2.75, 3.05) is 44.2 Å². The number of fused-ring (bicyclic) bond motifs is 2. The highest BCUT2D eigenvalue weighted by Gasteiger charge is 2.26. The average molecular weight is 364 g/mol. The molecule has 0 radical (unpaired) electrons. The number of nitrogens with zero attached hydrogens (tertiary/aromatic N) is 2. The smallest absolute Gasteiger partial charge is 0.170 e. The van der Waals surface area contributed by atoms with E-state index in [0.29, 0.717) is 6.61 Å². The maximum atomic E-state index is 5.36. The van der Waals surface area contributed by atoms with Gasteiger partial charge >= 0.3 is 0 Å². The van der Waals surface area contributed by atoms with Crippen LogP contribution in [0.1, 0.15) is 35.4 Å². The molecule has 1 aliphatic carbocycles. The van der Waals surface area contributed by atoms with E-state index in [4.69, 9.17) is 9.78 Å². The van der Waals surface area contributed by atoms with Crippen LogP contribution in [0.25, 0.3) is 0 Å². The van der Waals surface area contributed by atoms with Crippen LogP contribution in [0.3, 0.4) is 0 Å². The third-order valence-electron chi connectivity index (χ3n) is 6.39. The van der Waals surface area contributed by atoms with Crippen LogP contribution in [0.15, 0.2) is 42.5 Å². The van der Waals surface area contributed by atoms with Crippen molar-refractivity contribution in [2.24, 2.45) is 0 Å². The Hall–Kier alpha value is -2.04. The number of hydrogen-bond acceptors (Lipinski definition) is 4. The lowest BCUT2D eigenvalue weighted by Gasteiger charge is -2.38. The van der Waals surface area contributed by atoms with Crippen molar-refractivity contribution < 1.29 is 9.78 Å². The summed E-state index contributed by atoms with van der Waals surface area (Å²) >= 11 is 0. The summed E-state index contributed by atoms with van der Waals surface area (Å²) in [6.07, 6.45) is 4.87. The molecular formula is C23H28N2O2. The third kappa shape index (κ3) is 3.44. The molecule has 0 aromatic heterocycles. The third-order valence-corrected chi connectivity index (χ3v) is 6.39. The molecule has 0 amide bonds. The Morgan fingerprint density at radius 2 is 1.85 bits per heavy atom. The van der Waals surface area contributed by atoms with Crippen molar-refractivity contribution in [3.63, 3.8) is 0 Å². The van der Waals surface area contributed by atoms with Gasteiger partial charge in [0, 0.05) is 43.9 Å². The molecule has 4 nitrogen and oxygen atoms in total. The predicted octanol–water partition coefficient (Wildman–Crippen LogP) is 3.80. The van der Waals surface area contributed by atoms with Gasteiger partial charge in [-0.25, -0.2) is 0 Å². The van der Waals surface area contributed by atoms with Gasteiger partial charge in [-0.3, -0.25) is 4.90 Å². The summed E-state index contributed by atoms with van der Waals surface area (Å²) in [6.45, 7) is 6.39. The zero-order valence-corrected chi connectivity index (χ0v) is 15.9. The normalized spacial score (nSPS) is 21.8. The molecule has 0 spiro atoms. The summed E-state index contributed by atoms with van der Waals surface area (Å²) in [4.78, 5) is 15.6. The van der Waals surface area contributed by atoms with Crippen molar-refractivity contribution in [1.82, 2.24) is 4.90 Å². The zero-order chi connectivity index (χ0) is 18.1. The molecule has 142 valence electrons. The van der Waals surface area contributed by atoms with Gasteiger partial charge in [-0.15, -0.1) is 0 Å². The van der Waals surface area contributed by atoms with E-state index in [1.54, 1.807) is 11.1 Å². The summed E-state index contributed by atoms with van der Waals surface area (Å²) < 4.78 is 0. The van der Waals surface area contributed by atoms with Crippen LogP contribution >= 0.6 is 0 Å².